The highest BCUT2D eigenvalue weighted by Gasteiger charge is 2.08. The zero-order valence-corrected chi connectivity index (χ0v) is 11.8. The van der Waals surface area contributed by atoms with Crippen LogP contribution in [0.25, 0.3) is 17.1 Å². The normalized spacial score (nSPS) is 10.8. The van der Waals surface area contributed by atoms with E-state index in [1.807, 2.05) is 44.4 Å². The van der Waals surface area contributed by atoms with Crippen LogP contribution in [0.5, 0.6) is 0 Å². The summed E-state index contributed by atoms with van der Waals surface area (Å²) in [6, 6.07) is 10.2. The van der Waals surface area contributed by atoms with Crippen molar-refractivity contribution in [2.45, 2.75) is 20.8 Å². The van der Waals surface area contributed by atoms with Gasteiger partial charge in [0.1, 0.15) is 0 Å². The highest BCUT2D eigenvalue weighted by molar-refractivity contribution is 5.65. The average Bonchev–Trinajstić information content (AvgIpc) is 2.87. The van der Waals surface area contributed by atoms with Crippen molar-refractivity contribution in [3.05, 3.63) is 59.7 Å². The molecule has 0 bridgehead atoms. The molecule has 1 aromatic carbocycles. The van der Waals surface area contributed by atoms with E-state index in [1.54, 1.807) is 4.68 Å². The summed E-state index contributed by atoms with van der Waals surface area (Å²) in [4.78, 5) is 8.85. The van der Waals surface area contributed by atoms with Crippen LogP contribution in [-0.2, 0) is 0 Å². The highest BCUT2D eigenvalue weighted by atomic mass is 15.3. The van der Waals surface area contributed by atoms with Gasteiger partial charge in [0.15, 0.2) is 0 Å². The number of hydrogen-bond acceptors (Lipinski definition) is 3. The van der Waals surface area contributed by atoms with Gasteiger partial charge in [-0.15, -0.1) is 0 Å². The van der Waals surface area contributed by atoms with Crippen LogP contribution in [0, 0.1) is 20.8 Å². The summed E-state index contributed by atoms with van der Waals surface area (Å²) in [5.74, 6) is 0.613. The van der Waals surface area contributed by atoms with Crippen molar-refractivity contribution in [3.8, 4) is 17.1 Å². The molecule has 2 heterocycles. The standard InChI is InChI=1S/C16H16N4/c1-11-6-4-5-7-15(11)14-9-17-20(10-14)16-18-12(2)8-13(3)19-16/h4-10H,1-3H3. The third kappa shape index (κ3) is 2.32. The monoisotopic (exact) mass is 264 g/mol. The number of aromatic nitrogens is 4. The molecule has 0 aliphatic rings. The first-order valence-corrected chi connectivity index (χ1v) is 6.57. The molecule has 0 aliphatic heterocycles. The second-order valence-electron chi connectivity index (χ2n) is 4.94. The van der Waals surface area contributed by atoms with Gasteiger partial charge in [-0.3, -0.25) is 0 Å². The van der Waals surface area contributed by atoms with Crippen molar-refractivity contribution in [2.24, 2.45) is 0 Å². The van der Waals surface area contributed by atoms with E-state index in [2.05, 4.69) is 34.1 Å². The lowest BCUT2D eigenvalue weighted by molar-refractivity contribution is 0.794. The summed E-state index contributed by atoms with van der Waals surface area (Å²) in [5, 5.41) is 4.38. The maximum atomic E-state index is 4.42. The van der Waals surface area contributed by atoms with Crippen LogP contribution >= 0.6 is 0 Å². The van der Waals surface area contributed by atoms with Gasteiger partial charge in [0, 0.05) is 23.1 Å². The fourth-order valence-electron chi connectivity index (χ4n) is 2.28. The van der Waals surface area contributed by atoms with Crippen molar-refractivity contribution in [2.75, 3.05) is 0 Å². The second-order valence-corrected chi connectivity index (χ2v) is 4.94. The first-order chi connectivity index (χ1) is 9.63. The molecule has 0 radical (unpaired) electrons. The molecule has 0 atom stereocenters. The van der Waals surface area contributed by atoms with Crippen LogP contribution < -0.4 is 0 Å². The van der Waals surface area contributed by atoms with Gasteiger partial charge in [-0.1, -0.05) is 24.3 Å². The molecule has 4 heteroatoms. The molecule has 100 valence electrons. The largest absolute Gasteiger partial charge is 0.250 e. The lowest BCUT2D eigenvalue weighted by Crippen LogP contribution is -2.03. The summed E-state index contributed by atoms with van der Waals surface area (Å²) in [5.41, 5.74) is 5.38. The topological polar surface area (TPSA) is 43.6 Å². The molecule has 0 saturated carbocycles. The molecule has 0 amide bonds. The zero-order valence-electron chi connectivity index (χ0n) is 11.8. The fourth-order valence-corrected chi connectivity index (χ4v) is 2.28. The summed E-state index contributed by atoms with van der Waals surface area (Å²) < 4.78 is 1.72. The summed E-state index contributed by atoms with van der Waals surface area (Å²) in [6.45, 7) is 6.02. The minimum absolute atomic E-state index is 0.613. The zero-order chi connectivity index (χ0) is 14.1. The van der Waals surface area contributed by atoms with Crippen molar-refractivity contribution < 1.29 is 0 Å². The lowest BCUT2D eigenvalue weighted by Gasteiger charge is -2.03. The van der Waals surface area contributed by atoms with E-state index in [0.717, 1.165) is 17.0 Å². The van der Waals surface area contributed by atoms with Crippen LogP contribution in [0.4, 0.5) is 0 Å². The van der Waals surface area contributed by atoms with Crippen molar-refractivity contribution >= 4 is 0 Å². The first-order valence-electron chi connectivity index (χ1n) is 6.57. The summed E-state index contributed by atoms with van der Waals surface area (Å²) in [7, 11) is 0. The number of aryl methyl sites for hydroxylation is 3. The Morgan fingerprint density at radius 2 is 1.65 bits per heavy atom. The second kappa shape index (κ2) is 4.89. The molecule has 0 spiro atoms. The maximum absolute atomic E-state index is 4.42. The molecule has 0 aliphatic carbocycles. The molecule has 4 nitrogen and oxygen atoms in total. The van der Waals surface area contributed by atoms with Crippen LogP contribution in [0.15, 0.2) is 42.7 Å². The first kappa shape index (κ1) is 12.5. The van der Waals surface area contributed by atoms with E-state index >= 15 is 0 Å². The predicted molar refractivity (Wildman–Crippen MR) is 78.8 cm³/mol. The number of nitrogens with zero attached hydrogens (tertiary/aromatic N) is 4. The van der Waals surface area contributed by atoms with E-state index < -0.39 is 0 Å². The molecule has 3 aromatic rings. The molecule has 20 heavy (non-hydrogen) atoms. The highest BCUT2D eigenvalue weighted by Crippen LogP contribution is 2.22. The smallest absolute Gasteiger partial charge is 0.216 e. The summed E-state index contributed by atoms with van der Waals surface area (Å²) >= 11 is 0. The van der Waals surface area contributed by atoms with Crippen LogP contribution in [0.2, 0.25) is 0 Å². The summed E-state index contributed by atoms with van der Waals surface area (Å²) in [6.07, 6.45) is 3.82. The Morgan fingerprint density at radius 3 is 2.35 bits per heavy atom. The Morgan fingerprint density at radius 1 is 0.950 bits per heavy atom. The van der Waals surface area contributed by atoms with E-state index in [-0.39, 0.29) is 0 Å². The van der Waals surface area contributed by atoms with Crippen LogP contribution in [-0.4, -0.2) is 19.7 Å². The van der Waals surface area contributed by atoms with Gasteiger partial charge in [0.25, 0.3) is 5.95 Å². The third-order valence-electron chi connectivity index (χ3n) is 3.21. The van der Waals surface area contributed by atoms with Gasteiger partial charge in [-0.05, 0) is 38.0 Å². The molecule has 3 rings (SSSR count). The van der Waals surface area contributed by atoms with Crippen molar-refractivity contribution in [1.29, 1.82) is 0 Å². The minimum Gasteiger partial charge on any atom is -0.216 e. The number of hydrogen-bond donors (Lipinski definition) is 0. The minimum atomic E-state index is 0.613. The van der Waals surface area contributed by atoms with Gasteiger partial charge in [-0.2, -0.15) is 5.10 Å². The molecule has 0 N–H and O–H groups in total. The van der Waals surface area contributed by atoms with E-state index in [4.69, 9.17) is 0 Å². The van der Waals surface area contributed by atoms with E-state index in [0.29, 0.717) is 5.95 Å². The fraction of sp³-hybridized carbons (Fsp3) is 0.188. The third-order valence-corrected chi connectivity index (χ3v) is 3.21. The Hall–Kier alpha value is -2.49. The average molecular weight is 264 g/mol. The molecule has 2 aromatic heterocycles. The van der Waals surface area contributed by atoms with Gasteiger partial charge >= 0.3 is 0 Å². The van der Waals surface area contributed by atoms with Crippen molar-refractivity contribution in [3.63, 3.8) is 0 Å². The molecular formula is C16H16N4. The van der Waals surface area contributed by atoms with Gasteiger partial charge in [0.2, 0.25) is 0 Å². The number of benzene rings is 1. The maximum Gasteiger partial charge on any atom is 0.250 e. The predicted octanol–water partition coefficient (Wildman–Crippen LogP) is 3.25. The quantitative estimate of drug-likeness (QED) is 0.713. The molecule has 0 saturated heterocycles. The SMILES string of the molecule is Cc1cc(C)nc(-n2cc(-c3ccccc3C)cn2)n1. The van der Waals surface area contributed by atoms with Gasteiger partial charge in [0.05, 0.1) is 6.20 Å². The Bertz CT molecular complexity index is 738. The van der Waals surface area contributed by atoms with Crippen LogP contribution in [0.1, 0.15) is 17.0 Å². The van der Waals surface area contributed by atoms with E-state index in [1.165, 1.54) is 11.1 Å². The van der Waals surface area contributed by atoms with Gasteiger partial charge < -0.3 is 0 Å². The number of rotatable bonds is 2. The Balaban J connectivity index is 2.04. The lowest BCUT2D eigenvalue weighted by atomic mass is 10.0. The Kier molecular flexibility index (Phi) is 3.06. The molecule has 0 unspecified atom stereocenters. The van der Waals surface area contributed by atoms with Gasteiger partial charge in [-0.25, -0.2) is 14.6 Å². The molecular weight excluding hydrogens is 248 g/mol. The molecule has 0 fully saturated rings. The van der Waals surface area contributed by atoms with Crippen LogP contribution in [0.3, 0.4) is 0 Å². The Labute approximate surface area is 118 Å². The van der Waals surface area contributed by atoms with Crippen molar-refractivity contribution in [1.82, 2.24) is 19.7 Å². The van der Waals surface area contributed by atoms with E-state index in [9.17, 15) is 0 Å².